The number of ether oxygens (including phenoxy) is 1. The second-order valence-corrected chi connectivity index (χ2v) is 8.58. The number of aromatic nitrogens is 1. The first-order valence-electron chi connectivity index (χ1n) is 11.4. The van der Waals surface area contributed by atoms with Gasteiger partial charge in [-0.15, -0.1) is 0 Å². The molecule has 0 unspecified atom stereocenters. The van der Waals surface area contributed by atoms with Gasteiger partial charge in [0.25, 0.3) is 0 Å². The van der Waals surface area contributed by atoms with Crippen LogP contribution in [0.4, 0.5) is 22.1 Å². The number of pyridine rings is 1. The zero-order valence-electron chi connectivity index (χ0n) is 18.9. The van der Waals surface area contributed by atoms with Crippen LogP contribution in [0.25, 0.3) is 11.1 Å². The van der Waals surface area contributed by atoms with Gasteiger partial charge in [-0.05, 0) is 67.6 Å². The Morgan fingerprint density at radius 1 is 1.16 bits per heavy atom. The maximum atomic E-state index is 12.6. The molecule has 2 amide bonds. The average Bonchev–Trinajstić information content (AvgIpc) is 3.36. The summed E-state index contributed by atoms with van der Waals surface area (Å²) in [6.07, 6.45) is 2.13. The number of rotatable bonds is 6. The number of likely N-dealkylation sites (tertiary alicyclic amines) is 1. The molecule has 0 spiro atoms. The summed E-state index contributed by atoms with van der Waals surface area (Å²) in [5, 5.41) is 15.8. The molecule has 8 heteroatoms. The van der Waals surface area contributed by atoms with E-state index in [0.717, 1.165) is 73.0 Å². The Kier molecular flexibility index (Phi) is 7.12. The number of morpholine rings is 1. The van der Waals surface area contributed by atoms with Gasteiger partial charge in [-0.2, -0.15) is 0 Å². The lowest BCUT2D eigenvalue weighted by Gasteiger charge is -2.29. The lowest BCUT2D eigenvalue weighted by atomic mass is 10.00. The van der Waals surface area contributed by atoms with Crippen LogP contribution in [-0.4, -0.2) is 73.1 Å². The lowest BCUT2D eigenvalue weighted by molar-refractivity contribution is 0.122. The largest absolute Gasteiger partial charge is 0.394 e. The topological polar surface area (TPSA) is 90.0 Å². The van der Waals surface area contributed by atoms with Gasteiger partial charge >= 0.3 is 6.03 Å². The maximum Gasteiger partial charge on any atom is 0.321 e. The summed E-state index contributed by atoms with van der Waals surface area (Å²) in [5.41, 5.74) is 3.96. The molecule has 0 aliphatic carbocycles. The fourth-order valence-electron chi connectivity index (χ4n) is 4.13. The molecular weight excluding hydrogens is 406 g/mol. The van der Waals surface area contributed by atoms with Crippen LogP contribution in [0.5, 0.6) is 0 Å². The van der Waals surface area contributed by atoms with Crippen molar-refractivity contribution in [3.63, 3.8) is 0 Å². The van der Waals surface area contributed by atoms with E-state index in [2.05, 4.69) is 28.5 Å². The van der Waals surface area contributed by atoms with E-state index in [1.54, 1.807) is 0 Å². The van der Waals surface area contributed by atoms with Crippen LogP contribution in [0.15, 0.2) is 30.3 Å². The fourth-order valence-corrected chi connectivity index (χ4v) is 4.13. The number of carbonyl (C=O) groups excluding carboxylic acids is 1. The third-order valence-corrected chi connectivity index (χ3v) is 6.01. The standard InChI is InChI=1S/C24H33N5O3/c1-17-5-6-20(26-24(31)29-7-3-4-8-29)15-21(17)19-13-22(25-18(2)16-30)27-23(14-19)28-9-11-32-12-10-28/h5-6,13-15,18,30H,3-4,7-12,16H2,1-2H3,(H,25,27)(H,26,31)/t18-/m1/s1. The highest BCUT2D eigenvalue weighted by Crippen LogP contribution is 2.31. The van der Waals surface area contributed by atoms with Crippen molar-refractivity contribution in [2.75, 3.05) is 61.5 Å². The summed E-state index contributed by atoms with van der Waals surface area (Å²) in [6, 6.07) is 9.96. The van der Waals surface area contributed by atoms with Crippen molar-refractivity contribution < 1.29 is 14.6 Å². The third-order valence-electron chi connectivity index (χ3n) is 6.01. The van der Waals surface area contributed by atoms with Gasteiger partial charge in [-0.25, -0.2) is 9.78 Å². The molecule has 0 radical (unpaired) electrons. The van der Waals surface area contributed by atoms with E-state index in [9.17, 15) is 9.90 Å². The first kappa shape index (κ1) is 22.4. The summed E-state index contributed by atoms with van der Waals surface area (Å²) >= 11 is 0. The predicted molar refractivity (Wildman–Crippen MR) is 127 cm³/mol. The van der Waals surface area contributed by atoms with Crippen LogP contribution in [-0.2, 0) is 4.74 Å². The SMILES string of the molecule is Cc1ccc(NC(=O)N2CCCC2)cc1-c1cc(N[C@H](C)CO)nc(N2CCOCC2)c1. The van der Waals surface area contributed by atoms with Gasteiger partial charge in [0.1, 0.15) is 11.6 Å². The molecule has 1 atom stereocenters. The number of benzene rings is 1. The normalized spacial score (nSPS) is 17.3. The van der Waals surface area contributed by atoms with E-state index in [0.29, 0.717) is 13.2 Å². The Balaban J connectivity index is 1.65. The second kappa shape index (κ2) is 10.2. The monoisotopic (exact) mass is 439 g/mol. The summed E-state index contributed by atoms with van der Waals surface area (Å²) in [5.74, 6) is 1.60. The highest BCUT2D eigenvalue weighted by atomic mass is 16.5. The zero-order chi connectivity index (χ0) is 22.5. The number of aryl methyl sites for hydroxylation is 1. The van der Waals surface area contributed by atoms with Gasteiger partial charge in [0.15, 0.2) is 0 Å². The molecule has 0 saturated carbocycles. The predicted octanol–water partition coefficient (Wildman–Crippen LogP) is 3.31. The summed E-state index contributed by atoms with van der Waals surface area (Å²) in [4.78, 5) is 21.4. The molecule has 3 heterocycles. The van der Waals surface area contributed by atoms with Crippen LogP contribution in [0.1, 0.15) is 25.3 Å². The van der Waals surface area contributed by atoms with Crippen molar-refractivity contribution in [3.8, 4) is 11.1 Å². The van der Waals surface area contributed by atoms with Gasteiger partial charge < -0.3 is 30.3 Å². The van der Waals surface area contributed by atoms with Gasteiger partial charge in [0.2, 0.25) is 0 Å². The highest BCUT2D eigenvalue weighted by Gasteiger charge is 2.19. The van der Waals surface area contributed by atoms with Gasteiger partial charge in [0, 0.05) is 37.9 Å². The van der Waals surface area contributed by atoms with Gasteiger partial charge in [-0.3, -0.25) is 0 Å². The first-order valence-corrected chi connectivity index (χ1v) is 11.4. The van der Waals surface area contributed by atoms with Crippen molar-refractivity contribution in [2.45, 2.75) is 32.7 Å². The van der Waals surface area contributed by atoms with E-state index in [-0.39, 0.29) is 18.7 Å². The number of urea groups is 1. The Bertz CT molecular complexity index is 939. The van der Waals surface area contributed by atoms with Crippen molar-refractivity contribution >= 4 is 23.4 Å². The number of anilines is 3. The Morgan fingerprint density at radius 3 is 2.62 bits per heavy atom. The van der Waals surface area contributed by atoms with Crippen LogP contribution < -0.4 is 15.5 Å². The lowest BCUT2D eigenvalue weighted by Crippen LogP contribution is -2.37. The molecule has 2 saturated heterocycles. The minimum absolute atomic E-state index is 0.0237. The molecule has 8 nitrogen and oxygen atoms in total. The minimum atomic E-state index is -0.109. The third kappa shape index (κ3) is 5.31. The van der Waals surface area contributed by atoms with Crippen molar-refractivity contribution in [1.29, 1.82) is 0 Å². The van der Waals surface area contributed by atoms with Crippen molar-refractivity contribution in [2.24, 2.45) is 0 Å². The molecule has 0 bridgehead atoms. The minimum Gasteiger partial charge on any atom is -0.394 e. The molecule has 4 rings (SSSR count). The zero-order valence-corrected chi connectivity index (χ0v) is 18.9. The molecule has 172 valence electrons. The van der Waals surface area contributed by atoms with Crippen LogP contribution in [0.3, 0.4) is 0 Å². The fraction of sp³-hybridized carbons (Fsp3) is 0.500. The summed E-state index contributed by atoms with van der Waals surface area (Å²) in [7, 11) is 0. The summed E-state index contributed by atoms with van der Waals surface area (Å²) < 4.78 is 5.50. The van der Waals surface area contributed by atoms with Crippen LogP contribution in [0, 0.1) is 6.92 Å². The molecule has 1 aromatic carbocycles. The highest BCUT2D eigenvalue weighted by molar-refractivity contribution is 5.90. The van der Waals surface area contributed by atoms with Crippen molar-refractivity contribution in [3.05, 3.63) is 35.9 Å². The number of aliphatic hydroxyl groups excluding tert-OH is 1. The van der Waals surface area contributed by atoms with Gasteiger partial charge in [-0.1, -0.05) is 6.07 Å². The molecule has 1 aromatic heterocycles. The molecule has 3 N–H and O–H groups in total. The molecule has 2 aromatic rings. The number of amides is 2. The Hall–Kier alpha value is -2.84. The quantitative estimate of drug-likeness (QED) is 0.640. The molecule has 2 aliphatic rings. The number of carbonyl (C=O) groups is 1. The van der Waals surface area contributed by atoms with E-state index in [1.165, 1.54) is 0 Å². The number of hydrogen-bond donors (Lipinski definition) is 3. The second-order valence-electron chi connectivity index (χ2n) is 8.58. The van der Waals surface area contributed by atoms with Crippen molar-refractivity contribution in [1.82, 2.24) is 9.88 Å². The Labute approximate surface area is 189 Å². The first-order chi connectivity index (χ1) is 15.5. The molecule has 2 aliphatic heterocycles. The van der Waals surface area contributed by atoms with Crippen LogP contribution in [0.2, 0.25) is 0 Å². The smallest absolute Gasteiger partial charge is 0.321 e. The average molecular weight is 440 g/mol. The number of nitrogens with one attached hydrogen (secondary N) is 2. The number of hydrogen-bond acceptors (Lipinski definition) is 6. The number of nitrogens with zero attached hydrogens (tertiary/aromatic N) is 3. The van der Waals surface area contributed by atoms with E-state index in [4.69, 9.17) is 9.72 Å². The summed E-state index contributed by atoms with van der Waals surface area (Å²) in [6.45, 7) is 8.58. The molecule has 32 heavy (non-hydrogen) atoms. The molecular formula is C24H33N5O3. The van der Waals surface area contributed by atoms with E-state index in [1.807, 2.05) is 36.1 Å². The van der Waals surface area contributed by atoms with E-state index >= 15 is 0 Å². The molecule has 2 fully saturated rings. The maximum absolute atomic E-state index is 12.6. The Morgan fingerprint density at radius 2 is 1.91 bits per heavy atom. The number of aliphatic hydroxyl groups is 1. The van der Waals surface area contributed by atoms with Gasteiger partial charge in [0.05, 0.1) is 19.8 Å². The van der Waals surface area contributed by atoms with E-state index < -0.39 is 0 Å². The van der Waals surface area contributed by atoms with Crippen LogP contribution >= 0.6 is 0 Å².